The summed E-state index contributed by atoms with van der Waals surface area (Å²) in [7, 11) is 0. The summed E-state index contributed by atoms with van der Waals surface area (Å²) in [4.78, 5) is 8.71. The van der Waals surface area contributed by atoms with Gasteiger partial charge in [0, 0.05) is 0 Å². The van der Waals surface area contributed by atoms with Gasteiger partial charge in [0.1, 0.15) is 0 Å². The summed E-state index contributed by atoms with van der Waals surface area (Å²) in [5.74, 6) is 0.924. The fourth-order valence-corrected chi connectivity index (χ4v) is 1.60. The molecule has 6 nitrogen and oxygen atoms in total. The number of nitrogens with zero attached hydrogens (tertiary/aromatic N) is 4. The van der Waals surface area contributed by atoms with Crippen LogP contribution in [0.3, 0.4) is 0 Å². The van der Waals surface area contributed by atoms with Gasteiger partial charge in [0.25, 0.3) is 0 Å². The number of fused-ring (bicyclic) bond motifs is 1. The molecular weight excluding hydrogens is 216 g/mol. The number of anilines is 2. The van der Waals surface area contributed by atoms with E-state index in [-0.39, 0.29) is 0 Å². The molecule has 0 aliphatic heterocycles. The van der Waals surface area contributed by atoms with E-state index >= 15 is 0 Å². The molecule has 0 atom stereocenters. The van der Waals surface area contributed by atoms with E-state index in [2.05, 4.69) is 15.1 Å². The third-order valence-corrected chi connectivity index (χ3v) is 2.49. The number of nitrogen functional groups attached to an aromatic ring is 2. The SMILES string of the molecule is Nc1cnn(-c2cnc3ccccc3n2)c1N. The first-order valence-electron chi connectivity index (χ1n) is 5.07. The van der Waals surface area contributed by atoms with Crippen molar-refractivity contribution >= 4 is 22.5 Å². The summed E-state index contributed by atoms with van der Waals surface area (Å²) >= 11 is 0. The topological polar surface area (TPSA) is 95.6 Å². The molecule has 2 heterocycles. The largest absolute Gasteiger partial charge is 0.394 e. The lowest BCUT2D eigenvalue weighted by atomic mass is 10.3. The minimum atomic E-state index is 0.370. The predicted octanol–water partition coefficient (Wildman–Crippen LogP) is 0.980. The second-order valence-electron chi connectivity index (χ2n) is 3.61. The molecule has 0 bridgehead atoms. The third kappa shape index (κ3) is 1.46. The highest BCUT2D eigenvalue weighted by Crippen LogP contribution is 2.18. The smallest absolute Gasteiger partial charge is 0.174 e. The fourth-order valence-electron chi connectivity index (χ4n) is 1.60. The highest BCUT2D eigenvalue weighted by molar-refractivity contribution is 5.74. The Morgan fingerprint density at radius 3 is 2.47 bits per heavy atom. The van der Waals surface area contributed by atoms with Crippen LogP contribution in [0, 0.1) is 0 Å². The van der Waals surface area contributed by atoms with Gasteiger partial charge in [-0.3, -0.25) is 4.98 Å². The van der Waals surface area contributed by atoms with E-state index in [1.807, 2.05) is 24.3 Å². The van der Waals surface area contributed by atoms with E-state index < -0.39 is 0 Å². The maximum atomic E-state index is 5.79. The van der Waals surface area contributed by atoms with Gasteiger partial charge in [0.2, 0.25) is 0 Å². The third-order valence-electron chi connectivity index (χ3n) is 2.49. The number of hydrogen-bond donors (Lipinski definition) is 2. The summed E-state index contributed by atoms with van der Waals surface area (Å²) in [5, 5.41) is 4.06. The van der Waals surface area contributed by atoms with Gasteiger partial charge in [0.15, 0.2) is 11.6 Å². The lowest BCUT2D eigenvalue weighted by Gasteiger charge is -2.03. The average molecular weight is 226 g/mol. The zero-order chi connectivity index (χ0) is 11.8. The zero-order valence-corrected chi connectivity index (χ0v) is 8.91. The summed E-state index contributed by atoms with van der Waals surface area (Å²) < 4.78 is 1.47. The van der Waals surface area contributed by atoms with Crippen molar-refractivity contribution in [2.24, 2.45) is 0 Å². The van der Waals surface area contributed by atoms with E-state index in [4.69, 9.17) is 11.5 Å². The van der Waals surface area contributed by atoms with E-state index in [0.29, 0.717) is 17.3 Å². The molecule has 0 aliphatic carbocycles. The molecule has 0 unspecified atom stereocenters. The molecule has 0 saturated carbocycles. The summed E-state index contributed by atoms with van der Waals surface area (Å²) in [6.45, 7) is 0. The summed E-state index contributed by atoms with van der Waals surface area (Å²) in [6, 6.07) is 7.60. The van der Waals surface area contributed by atoms with Gasteiger partial charge in [-0.25, -0.2) is 4.98 Å². The molecule has 1 aromatic carbocycles. The van der Waals surface area contributed by atoms with Crippen molar-refractivity contribution < 1.29 is 0 Å². The Balaban J connectivity index is 2.21. The zero-order valence-electron chi connectivity index (χ0n) is 8.91. The molecule has 0 amide bonds. The molecule has 3 rings (SSSR count). The van der Waals surface area contributed by atoms with Gasteiger partial charge in [-0.2, -0.15) is 9.78 Å². The first-order chi connectivity index (χ1) is 8.25. The Morgan fingerprint density at radius 1 is 1.00 bits per heavy atom. The van der Waals surface area contributed by atoms with Crippen LogP contribution < -0.4 is 11.5 Å². The molecular formula is C11H10N6. The Hall–Kier alpha value is -2.63. The van der Waals surface area contributed by atoms with Gasteiger partial charge in [-0.1, -0.05) is 12.1 Å². The highest BCUT2D eigenvalue weighted by atomic mass is 15.3. The van der Waals surface area contributed by atoms with Crippen LogP contribution in [0.2, 0.25) is 0 Å². The van der Waals surface area contributed by atoms with Gasteiger partial charge in [-0.15, -0.1) is 0 Å². The van der Waals surface area contributed by atoms with Crippen LogP contribution in [-0.4, -0.2) is 19.7 Å². The van der Waals surface area contributed by atoms with Gasteiger partial charge < -0.3 is 11.5 Å². The number of para-hydroxylation sites is 2. The molecule has 6 heteroatoms. The van der Waals surface area contributed by atoms with E-state index in [0.717, 1.165) is 11.0 Å². The molecule has 84 valence electrons. The second-order valence-corrected chi connectivity index (χ2v) is 3.61. The summed E-state index contributed by atoms with van der Waals surface area (Å²) in [5.41, 5.74) is 13.5. The predicted molar refractivity (Wildman–Crippen MR) is 65.5 cm³/mol. The number of nitrogens with two attached hydrogens (primary N) is 2. The summed E-state index contributed by atoms with van der Waals surface area (Å²) in [6.07, 6.45) is 3.11. The van der Waals surface area contributed by atoms with Crippen LogP contribution in [0.1, 0.15) is 0 Å². The van der Waals surface area contributed by atoms with E-state index in [1.54, 1.807) is 6.20 Å². The number of rotatable bonds is 1. The molecule has 0 fully saturated rings. The average Bonchev–Trinajstić information content (AvgIpc) is 2.70. The van der Waals surface area contributed by atoms with Crippen molar-refractivity contribution in [3.8, 4) is 5.82 Å². The Morgan fingerprint density at radius 2 is 1.76 bits per heavy atom. The molecule has 0 spiro atoms. The van der Waals surface area contributed by atoms with E-state index in [1.165, 1.54) is 10.9 Å². The molecule has 4 N–H and O–H groups in total. The molecule has 0 aliphatic rings. The van der Waals surface area contributed by atoms with Crippen molar-refractivity contribution in [3.63, 3.8) is 0 Å². The van der Waals surface area contributed by atoms with Crippen molar-refractivity contribution in [1.82, 2.24) is 19.7 Å². The van der Waals surface area contributed by atoms with Crippen LogP contribution in [0.15, 0.2) is 36.7 Å². The van der Waals surface area contributed by atoms with E-state index in [9.17, 15) is 0 Å². The van der Waals surface area contributed by atoms with Crippen molar-refractivity contribution in [1.29, 1.82) is 0 Å². The Labute approximate surface area is 96.9 Å². The maximum absolute atomic E-state index is 5.79. The number of aromatic nitrogens is 4. The van der Waals surface area contributed by atoms with Crippen LogP contribution >= 0.6 is 0 Å². The Bertz CT molecular complexity index is 687. The minimum Gasteiger partial charge on any atom is -0.394 e. The molecule has 3 aromatic rings. The molecule has 0 saturated heterocycles. The lowest BCUT2D eigenvalue weighted by molar-refractivity contribution is 0.856. The van der Waals surface area contributed by atoms with Gasteiger partial charge in [0.05, 0.1) is 29.1 Å². The van der Waals surface area contributed by atoms with Crippen molar-refractivity contribution in [2.45, 2.75) is 0 Å². The first kappa shape index (κ1) is 9.59. The fraction of sp³-hybridized carbons (Fsp3) is 0. The minimum absolute atomic E-state index is 0.370. The Kier molecular flexibility index (Phi) is 1.94. The van der Waals surface area contributed by atoms with Crippen molar-refractivity contribution in [2.75, 3.05) is 11.5 Å². The highest BCUT2D eigenvalue weighted by Gasteiger charge is 2.08. The molecule has 2 aromatic heterocycles. The van der Waals surface area contributed by atoms with Crippen molar-refractivity contribution in [3.05, 3.63) is 36.7 Å². The standard InChI is InChI=1S/C11H10N6/c12-7-5-15-17(11(7)13)10-6-14-8-3-1-2-4-9(8)16-10/h1-6H,12-13H2. The lowest BCUT2D eigenvalue weighted by Crippen LogP contribution is -2.05. The maximum Gasteiger partial charge on any atom is 0.174 e. The van der Waals surface area contributed by atoms with Crippen LogP contribution in [-0.2, 0) is 0 Å². The number of benzene rings is 1. The normalized spacial score (nSPS) is 10.8. The quantitative estimate of drug-likeness (QED) is 0.644. The van der Waals surface area contributed by atoms with Crippen LogP contribution in [0.5, 0.6) is 0 Å². The molecule has 17 heavy (non-hydrogen) atoms. The van der Waals surface area contributed by atoms with Crippen LogP contribution in [0.4, 0.5) is 11.5 Å². The van der Waals surface area contributed by atoms with Gasteiger partial charge in [-0.05, 0) is 12.1 Å². The molecule has 0 radical (unpaired) electrons. The first-order valence-corrected chi connectivity index (χ1v) is 5.07. The monoisotopic (exact) mass is 226 g/mol. The van der Waals surface area contributed by atoms with Crippen LogP contribution in [0.25, 0.3) is 16.9 Å². The number of hydrogen-bond acceptors (Lipinski definition) is 5. The van der Waals surface area contributed by atoms with Gasteiger partial charge >= 0.3 is 0 Å². The second kappa shape index (κ2) is 3.44.